The Morgan fingerprint density at radius 2 is 1.86 bits per heavy atom. The molecule has 0 amide bonds. The van der Waals surface area contributed by atoms with E-state index in [9.17, 15) is 0 Å². The van der Waals surface area contributed by atoms with Crippen molar-refractivity contribution in [3.05, 3.63) is 11.9 Å². The summed E-state index contributed by atoms with van der Waals surface area (Å²) in [7, 11) is -1.69. The lowest BCUT2D eigenvalue weighted by Gasteiger charge is -2.44. The summed E-state index contributed by atoms with van der Waals surface area (Å²) in [6.07, 6.45) is 7.89. The van der Waals surface area contributed by atoms with Crippen molar-refractivity contribution in [3.63, 3.8) is 0 Å². The van der Waals surface area contributed by atoms with Gasteiger partial charge in [-0.25, -0.2) is 4.99 Å². The molecule has 5 nitrogen and oxygen atoms in total. The predicted octanol–water partition coefficient (Wildman–Crippen LogP) is 2.65. The summed E-state index contributed by atoms with van der Waals surface area (Å²) in [5.41, 5.74) is 12.4. The Hall–Kier alpha value is -0.853. The quantitative estimate of drug-likeness (QED) is 0.697. The van der Waals surface area contributed by atoms with Crippen molar-refractivity contribution in [2.75, 3.05) is 0 Å². The molecular formula is C16H32N4OSi. The average Bonchev–Trinajstić information content (AvgIpc) is 2.41. The summed E-state index contributed by atoms with van der Waals surface area (Å²) >= 11 is 0. The van der Waals surface area contributed by atoms with E-state index in [-0.39, 0.29) is 5.04 Å². The van der Waals surface area contributed by atoms with Gasteiger partial charge in [0.1, 0.15) is 0 Å². The molecule has 1 heterocycles. The first-order valence-corrected chi connectivity index (χ1v) is 11.2. The molecule has 0 saturated heterocycles. The summed E-state index contributed by atoms with van der Waals surface area (Å²) in [5, 5.41) is 3.16. The maximum absolute atomic E-state index is 6.54. The maximum Gasteiger partial charge on any atom is 0.192 e. The molecule has 5 N–H and O–H groups in total. The molecule has 0 aromatic rings. The average molecular weight is 325 g/mol. The summed E-state index contributed by atoms with van der Waals surface area (Å²) in [4.78, 5) is 4.42. The topological polar surface area (TPSA) is 85.7 Å². The second kappa shape index (κ2) is 5.98. The second-order valence-corrected chi connectivity index (χ2v) is 13.0. The maximum atomic E-state index is 6.54. The van der Waals surface area contributed by atoms with E-state index in [1.54, 1.807) is 12.5 Å². The fourth-order valence-electron chi connectivity index (χ4n) is 3.02. The first-order valence-electron chi connectivity index (χ1n) is 8.29. The lowest BCUT2D eigenvalue weighted by Crippen LogP contribution is -2.54. The van der Waals surface area contributed by atoms with Crippen molar-refractivity contribution >= 4 is 14.7 Å². The number of hydrogen-bond acceptors (Lipinski definition) is 5. The Morgan fingerprint density at radius 1 is 1.27 bits per heavy atom. The Labute approximate surface area is 135 Å². The van der Waals surface area contributed by atoms with Crippen LogP contribution in [0.5, 0.6) is 0 Å². The third-order valence-corrected chi connectivity index (χ3v) is 10.2. The Morgan fingerprint density at radius 3 is 2.36 bits per heavy atom. The summed E-state index contributed by atoms with van der Waals surface area (Å²) in [5.74, 6) is 0.293. The molecule has 1 saturated carbocycles. The van der Waals surface area contributed by atoms with Crippen LogP contribution in [0.2, 0.25) is 18.1 Å². The van der Waals surface area contributed by atoms with E-state index < -0.39 is 14.0 Å². The van der Waals surface area contributed by atoms with E-state index in [0.29, 0.717) is 17.7 Å². The van der Waals surface area contributed by atoms with Gasteiger partial charge in [-0.3, -0.25) is 0 Å². The number of hydrogen-bond donors (Lipinski definition) is 3. The lowest BCUT2D eigenvalue weighted by atomic mass is 9.78. The van der Waals surface area contributed by atoms with E-state index in [0.717, 1.165) is 25.7 Å². The Balaban J connectivity index is 1.95. The zero-order valence-corrected chi connectivity index (χ0v) is 15.6. The van der Waals surface area contributed by atoms with E-state index in [2.05, 4.69) is 44.2 Å². The number of nitrogens with two attached hydrogens (primary N) is 2. The van der Waals surface area contributed by atoms with Gasteiger partial charge in [0, 0.05) is 18.2 Å². The van der Waals surface area contributed by atoms with Crippen LogP contribution in [0.4, 0.5) is 0 Å². The van der Waals surface area contributed by atoms with Crippen molar-refractivity contribution in [1.82, 2.24) is 5.32 Å². The normalized spacial score (nSPS) is 33.3. The van der Waals surface area contributed by atoms with E-state index in [1.807, 2.05) is 0 Å². The fraction of sp³-hybridized carbons (Fsp3) is 0.812. The van der Waals surface area contributed by atoms with Gasteiger partial charge in [0.05, 0.1) is 12.0 Å². The second-order valence-electron chi connectivity index (χ2n) is 8.20. The summed E-state index contributed by atoms with van der Waals surface area (Å²) in [6.45, 7) is 11.5. The highest BCUT2D eigenvalue weighted by Crippen LogP contribution is 2.41. The molecule has 2 aliphatic rings. The van der Waals surface area contributed by atoms with Crippen LogP contribution in [0.3, 0.4) is 0 Å². The van der Waals surface area contributed by atoms with Crippen LogP contribution in [-0.2, 0) is 4.43 Å². The number of nitrogens with one attached hydrogen (secondary N) is 1. The highest BCUT2D eigenvalue weighted by Gasteiger charge is 2.43. The van der Waals surface area contributed by atoms with Gasteiger partial charge in [-0.15, -0.1) is 0 Å². The molecule has 0 radical (unpaired) electrons. The van der Waals surface area contributed by atoms with Gasteiger partial charge in [0.25, 0.3) is 0 Å². The number of nitrogens with zero attached hydrogens (tertiary/aromatic N) is 1. The third kappa shape index (κ3) is 3.39. The molecule has 1 unspecified atom stereocenters. The van der Waals surface area contributed by atoms with Gasteiger partial charge in [0.2, 0.25) is 0 Å². The van der Waals surface area contributed by atoms with Crippen molar-refractivity contribution in [2.24, 2.45) is 22.4 Å². The van der Waals surface area contributed by atoms with Crippen LogP contribution in [0.1, 0.15) is 46.5 Å². The van der Waals surface area contributed by atoms with Crippen LogP contribution in [0.25, 0.3) is 0 Å². The van der Waals surface area contributed by atoms with Crippen molar-refractivity contribution in [2.45, 2.75) is 76.4 Å². The van der Waals surface area contributed by atoms with Crippen LogP contribution in [0.15, 0.2) is 16.9 Å². The minimum Gasteiger partial charge on any atom is -0.414 e. The third-order valence-electron chi connectivity index (χ3n) is 5.62. The van der Waals surface area contributed by atoms with Gasteiger partial charge in [-0.05, 0) is 43.8 Å². The van der Waals surface area contributed by atoms with E-state index >= 15 is 0 Å². The molecule has 6 heteroatoms. The molecule has 22 heavy (non-hydrogen) atoms. The Kier molecular flexibility index (Phi) is 4.76. The minimum atomic E-state index is -1.69. The SMILES string of the molecule is CC(C)(C)[Si](C)(C)OC1CCC(C2(N)N=CNC=C2N)CC1. The zero-order valence-electron chi connectivity index (χ0n) is 14.6. The fourth-order valence-corrected chi connectivity index (χ4v) is 4.44. The Bertz CT molecular complexity index is 461. The minimum absolute atomic E-state index is 0.255. The highest BCUT2D eigenvalue weighted by molar-refractivity contribution is 6.74. The predicted molar refractivity (Wildman–Crippen MR) is 94.8 cm³/mol. The molecule has 0 spiro atoms. The molecule has 1 aliphatic carbocycles. The first-order chi connectivity index (χ1) is 10.1. The first kappa shape index (κ1) is 17.5. The summed E-state index contributed by atoms with van der Waals surface area (Å²) < 4.78 is 6.54. The molecule has 1 aliphatic heterocycles. The van der Waals surface area contributed by atoms with Gasteiger partial charge in [0.15, 0.2) is 14.0 Å². The summed E-state index contributed by atoms with van der Waals surface area (Å²) in [6, 6.07) is 0. The molecule has 0 aromatic heterocycles. The molecular weight excluding hydrogens is 292 g/mol. The van der Waals surface area contributed by atoms with Crippen molar-refractivity contribution in [3.8, 4) is 0 Å². The smallest absolute Gasteiger partial charge is 0.192 e. The van der Waals surface area contributed by atoms with Crippen molar-refractivity contribution < 1.29 is 4.43 Å². The zero-order chi connectivity index (χ0) is 16.6. The number of aliphatic imine (C=N–C) groups is 1. The van der Waals surface area contributed by atoms with Crippen molar-refractivity contribution in [1.29, 1.82) is 0 Å². The molecule has 0 aromatic carbocycles. The van der Waals surface area contributed by atoms with Crippen LogP contribution in [-0.4, -0.2) is 26.4 Å². The van der Waals surface area contributed by atoms with Crippen LogP contribution < -0.4 is 16.8 Å². The largest absolute Gasteiger partial charge is 0.414 e. The van der Waals surface area contributed by atoms with Gasteiger partial charge in [-0.1, -0.05) is 20.8 Å². The molecule has 126 valence electrons. The number of rotatable bonds is 3. The standard InChI is InChI=1S/C16H32N4OSi/c1-15(2,3)22(4,5)21-13-8-6-12(7-9-13)16(18)14(17)10-19-11-20-16/h10-13H,6-9,17-18H2,1-5H3,(H,19,20). The van der Waals surface area contributed by atoms with E-state index in [1.165, 1.54) is 0 Å². The highest BCUT2D eigenvalue weighted by atomic mass is 28.4. The molecule has 1 atom stereocenters. The lowest BCUT2D eigenvalue weighted by molar-refractivity contribution is 0.0975. The van der Waals surface area contributed by atoms with Crippen LogP contribution in [0, 0.1) is 5.92 Å². The van der Waals surface area contributed by atoms with E-state index in [4.69, 9.17) is 15.9 Å². The molecule has 2 rings (SSSR count). The van der Waals surface area contributed by atoms with Gasteiger partial charge >= 0.3 is 0 Å². The van der Waals surface area contributed by atoms with Gasteiger partial charge in [-0.2, -0.15) is 0 Å². The molecule has 0 bridgehead atoms. The van der Waals surface area contributed by atoms with Crippen LogP contribution >= 0.6 is 0 Å². The van der Waals surface area contributed by atoms with Gasteiger partial charge < -0.3 is 21.2 Å². The molecule has 1 fully saturated rings. The monoisotopic (exact) mass is 324 g/mol.